The van der Waals surface area contributed by atoms with Gasteiger partial charge in [0.2, 0.25) is 5.82 Å². The van der Waals surface area contributed by atoms with Crippen molar-refractivity contribution in [2.45, 2.75) is 75.9 Å². The molecule has 0 radical (unpaired) electrons. The number of benzene rings is 1. The van der Waals surface area contributed by atoms with Gasteiger partial charge in [0, 0.05) is 42.4 Å². The number of hydrogen-bond donors (Lipinski definition) is 2. The first-order valence-corrected chi connectivity index (χ1v) is 14.4. The van der Waals surface area contributed by atoms with Crippen molar-refractivity contribution in [1.29, 1.82) is 0 Å². The van der Waals surface area contributed by atoms with E-state index >= 15 is 4.39 Å². The first kappa shape index (κ1) is 25.5. The number of rotatable bonds is 3. The molecule has 2 atom stereocenters. The SMILES string of the molecule is C[C@H]1CN(c2nc(C#CC34CCCN3CCC4)nc3c(F)c(-c4cc(O)cc(F)c4C4CC4)nnc23)[C@@H](C)CN1. The molecule has 1 saturated carbocycles. The van der Waals surface area contributed by atoms with Gasteiger partial charge in [-0.1, -0.05) is 5.92 Å². The Labute approximate surface area is 232 Å². The van der Waals surface area contributed by atoms with Crippen molar-refractivity contribution in [2.75, 3.05) is 31.1 Å². The lowest BCUT2D eigenvalue weighted by Crippen LogP contribution is -2.54. The van der Waals surface area contributed by atoms with Gasteiger partial charge in [0.1, 0.15) is 22.8 Å². The molecule has 3 aliphatic heterocycles. The predicted octanol–water partition coefficient (Wildman–Crippen LogP) is 4.11. The molecule has 0 bridgehead atoms. The molecule has 5 heterocycles. The number of nitrogens with zero attached hydrogens (tertiary/aromatic N) is 6. The first-order valence-electron chi connectivity index (χ1n) is 14.4. The molecular weight excluding hydrogens is 512 g/mol. The van der Waals surface area contributed by atoms with E-state index in [2.05, 4.69) is 56.0 Å². The zero-order chi connectivity index (χ0) is 27.6. The lowest BCUT2D eigenvalue weighted by Gasteiger charge is -2.38. The number of fused-ring (bicyclic) bond motifs is 2. The molecule has 2 N–H and O–H groups in total. The van der Waals surface area contributed by atoms with Crippen molar-refractivity contribution in [3.63, 3.8) is 0 Å². The smallest absolute Gasteiger partial charge is 0.207 e. The van der Waals surface area contributed by atoms with Gasteiger partial charge < -0.3 is 15.3 Å². The Bertz CT molecular complexity index is 1550. The Morgan fingerprint density at radius 3 is 2.58 bits per heavy atom. The zero-order valence-corrected chi connectivity index (χ0v) is 22.8. The van der Waals surface area contributed by atoms with Crippen LogP contribution in [0.15, 0.2) is 12.1 Å². The van der Waals surface area contributed by atoms with Crippen LogP contribution < -0.4 is 10.2 Å². The number of hydrogen-bond acceptors (Lipinski definition) is 8. The van der Waals surface area contributed by atoms with E-state index in [-0.39, 0.29) is 57.4 Å². The molecule has 4 fully saturated rings. The second kappa shape index (κ2) is 9.60. The van der Waals surface area contributed by atoms with E-state index in [1.165, 1.54) is 6.07 Å². The summed E-state index contributed by atoms with van der Waals surface area (Å²) in [6.07, 6.45) is 5.88. The Balaban J connectivity index is 1.41. The van der Waals surface area contributed by atoms with E-state index in [1.54, 1.807) is 0 Å². The number of nitrogens with one attached hydrogen (secondary N) is 1. The fourth-order valence-electron chi connectivity index (χ4n) is 6.76. The normalized spacial score (nSPS) is 24.2. The topological polar surface area (TPSA) is 90.3 Å². The minimum Gasteiger partial charge on any atom is -0.508 e. The van der Waals surface area contributed by atoms with Gasteiger partial charge in [-0.3, -0.25) is 4.90 Å². The average Bonchev–Trinajstić information content (AvgIpc) is 3.56. The lowest BCUT2D eigenvalue weighted by atomic mass is 9.95. The molecule has 4 aliphatic rings. The Morgan fingerprint density at radius 1 is 1.05 bits per heavy atom. The molecule has 2 aromatic heterocycles. The molecule has 40 heavy (non-hydrogen) atoms. The monoisotopic (exact) mass is 545 g/mol. The molecule has 3 saturated heterocycles. The Kier molecular flexibility index (Phi) is 6.13. The quantitative estimate of drug-likeness (QED) is 0.476. The van der Waals surface area contributed by atoms with Gasteiger partial charge in [-0.05, 0) is 83.4 Å². The van der Waals surface area contributed by atoms with Gasteiger partial charge >= 0.3 is 0 Å². The summed E-state index contributed by atoms with van der Waals surface area (Å²) in [5, 5.41) is 22.3. The van der Waals surface area contributed by atoms with E-state index in [1.807, 2.05) is 0 Å². The molecule has 0 amide bonds. The molecule has 3 aromatic rings. The van der Waals surface area contributed by atoms with Crippen LogP contribution >= 0.6 is 0 Å². The van der Waals surface area contributed by atoms with E-state index in [9.17, 15) is 9.50 Å². The van der Waals surface area contributed by atoms with Crippen molar-refractivity contribution >= 4 is 16.9 Å². The van der Waals surface area contributed by atoms with Crippen LogP contribution in [0.2, 0.25) is 0 Å². The maximum Gasteiger partial charge on any atom is 0.207 e. The van der Waals surface area contributed by atoms with Gasteiger partial charge in [-0.15, -0.1) is 10.2 Å². The molecule has 0 spiro atoms. The standard InChI is InChI=1S/C30H33F2N7O/c1-17-16-39(18(2)15-33-17)29-28-27(34-23(35-29)7-10-30-8-3-11-38(30)12-4-9-30)25(32)26(36-37-28)21-13-20(40)14-22(31)24(21)19-5-6-19/h13-14,17-19,33,40H,3-6,8-9,11-12,15-16H2,1-2H3/t17-,18-/m0/s1. The number of piperazine rings is 1. The van der Waals surface area contributed by atoms with Crippen molar-refractivity contribution in [2.24, 2.45) is 0 Å². The van der Waals surface area contributed by atoms with Gasteiger partial charge in [-0.25, -0.2) is 18.7 Å². The minimum absolute atomic E-state index is 0.00961. The fraction of sp³-hybridized carbons (Fsp3) is 0.533. The van der Waals surface area contributed by atoms with Crippen molar-refractivity contribution < 1.29 is 13.9 Å². The van der Waals surface area contributed by atoms with Crippen LogP contribution in [-0.2, 0) is 0 Å². The highest BCUT2D eigenvalue weighted by molar-refractivity contribution is 5.89. The van der Waals surface area contributed by atoms with Gasteiger partial charge in [0.15, 0.2) is 17.2 Å². The number of anilines is 1. The third-order valence-corrected chi connectivity index (χ3v) is 8.97. The summed E-state index contributed by atoms with van der Waals surface area (Å²) in [5.41, 5.74) is 0.568. The number of phenols is 1. The Hall–Kier alpha value is -3.42. The summed E-state index contributed by atoms with van der Waals surface area (Å²) in [6.45, 7) is 7.68. The van der Waals surface area contributed by atoms with E-state index in [4.69, 9.17) is 4.98 Å². The van der Waals surface area contributed by atoms with Crippen molar-refractivity contribution in [3.8, 4) is 28.8 Å². The van der Waals surface area contributed by atoms with E-state index < -0.39 is 11.6 Å². The van der Waals surface area contributed by atoms with E-state index in [0.717, 1.165) is 64.2 Å². The maximum atomic E-state index is 16.5. The second-order valence-electron chi connectivity index (χ2n) is 11.9. The van der Waals surface area contributed by atoms with Crippen LogP contribution in [0.25, 0.3) is 22.3 Å². The fourth-order valence-corrected chi connectivity index (χ4v) is 6.76. The third-order valence-electron chi connectivity index (χ3n) is 8.97. The van der Waals surface area contributed by atoms with Crippen molar-refractivity contribution in [1.82, 2.24) is 30.4 Å². The average molecular weight is 546 g/mol. The maximum absolute atomic E-state index is 16.5. The first-order chi connectivity index (χ1) is 19.3. The highest BCUT2D eigenvalue weighted by Gasteiger charge is 2.43. The third kappa shape index (κ3) is 4.27. The van der Waals surface area contributed by atoms with E-state index in [0.29, 0.717) is 17.9 Å². The van der Waals surface area contributed by atoms with Gasteiger partial charge in [0.25, 0.3) is 0 Å². The summed E-state index contributed by atoms with van der Waals surface area (Å²) >= 11 is 0. The van der Waals surface area contributed by atoms with Crippen LogP contribution in [0.1, 0.15) is 69.7 Å². The number of halogens is 2. The van der Waals surface area contributed by atoms with Gasteiger partial charge in [-0.2, -0.15) is 0 Å². The Morgan fingerprint density at radius 2 is 1.82 bits per heavy atom. The molecule has 208 valence electrons. The van der Waals surface area contributed by atoms with Crippen LogP contribution in [-0.4, -0.2) is 74.0 Å². The molecule has 0 unspecified atom stereocenters. The van der Waals surface area contributed by atoms with Gasteiger partial charge in [0.05, 0.1) is 5.54 Å². The summed E-state index contributed by atoms with van der Waals surface area (Å²) in [6, 6.07) is 2.72. The molecule has 1 aliphatic carbocycles. The van der Waals surface area contributed by atoms with Crippen LogP contribution in [0, 0.1) is 23.5 Å². The predicted molar refractivity (Wildman–Crippen MR) is 148 cm³/mol. The number of aromatic hydroxyl groups is 1. The lowest BCUT2D eigenvalue weighted by molar-refractivity contribution is 0.261. The minimum atomic E-state index is -0.707. The molecule has 8 nitrogen and oxygen atoms in total. The van der Waals surface area contributed by atoms with Crippen LogP contribution in [0.5, 0.6) is 5.75 Å². The molecule has 10 heteroatoms. The summed E-state index contributed by atoms with van der Waals surface area (Å²) < 4.78 is 31.4. The summed E-state index contributed by atoms with van der Waals surface area (Å²) in [4.78, 5) is 14.0. The molecular formula is C30H33F2N7O. The highest BCUT2D eigenvalue weighted by Crippen LogP contribution is 2.47. The van der Waals surface area contributed by atoms with Crippen LogP contribution in [0.4, 0.5) is 14.6 Å². The summed E-state index contributed by atoms with van der Waals surface area (Å²) in [7, 11) is 0. The number of phenolic OH excluding ortho intramolecular Hbond substituents is 1. The molecule has 1 aromatic carbocycles. The largest absolute Gasteiger partial charge is 0.508 e. The van der Waals surface area contributed by atoms with Crippen LogP contribution in [0.3, 0.4) is 0 Å². The second-order valence-corrected chi connectivity index (χ2v) is 11.9. The zero-order valence-electron chi connectivity index (χ0n) is 22.8. The van der Waals surface area contributed by atoms with Crippen molar-refractivity contribution in [3.05, 3.63) is 35.2 Å². The highest BCUT2D eigenvalue weighted by atomic mass is 19.1. The summed E-state index contributed by atoms with van der Waals surface area (Å²) in [5.74, 6) is 5.87. The molecule has 7 rings (SSSR count). The number of aromatic nitrogens is 4.